The van der Waals surface area contributed by atoms with Crippen molar-refractivity contribution < 1.29 is 22.7 Å². The van der Waals surface area contributed by atoms with E-state index in [2.05, 4.69) is 4.40 Å². The number of allylic oxidation sites excluding steroid dienone is 2. The van der Waals surface area contributed by atoms with Crippen molar-refractivity contribution in [3.05, 3.63) is 69.6 Å². The van der Waals surface area contributed by atoms with Gasteiger partial charge in [0.2, 0.25) is 0 Å². The van der Waals surface area contributed by atoms with Crippen molar-refractivity contribution >= 4 is 33.1 Å². The Morgan fingerprint density at radius 3 is 2.70 bits per heavy atom. The molecule has 2 aromatic rings. The molecular formula is C23H23N3O5S2. The minimum absolute atomic E-state index is 0.0706. The lowest BCUT2D eigenvalue weighted by molar-refractivity contribution is -0.128. The molecule has 3 aliphatic rings. The number of ether oxygens (including phenoxy) is 2. The third kappa shape index (κ3) is 3.83. The van der Waals surface area contributed by atoms with Gasteiger partial charge in [-0.2, -0.15) is 0 Å². The van der Waals surface area contributed by atoms with Crippen LogP contribution in [-0.4, -0.2) is 63.0 Å². The van der Waals surface area contributed by atoms with Crippen LogP contribution >= 0.6 is 11.3 Å². The fourth-order valence-electron chi connectivity index (χ4n) is 4.46. The van der Waals surface area contributed by atoms with Crippen LogP contribution in [0.4, 0.5) is 0 Å². The van der Waals surface area contributed by atoms with Crippen molar-refractivity contribution in [1.82, 2.24) is 9.80 Å². The Balaban J connectivity index is 1.60. The summed E-state index contributed by atoms with van der Waals surface area (Å²) < 4.78 is 39.3. The maximum absolute atomic E-state index is 13.9. The molecule has 1 unspecified atom stereocenters. The summed E-state index contributed by atoms with van der Waals surface area (Å²) in [7, 11) is -0.407. The number of rotatable bonds is 4. The van der Waals surface area contributed by atoms with E-state index in [4.69, 9.17) is 9.47 Å². The quantitative estimate of drug-likeness (QED) is 0.662. The molecule has 0 fully saturated rings. The summed E-state index contributed by atoms with van der Waals surface area (Å²) in [5.41, 5.74) is 2.34. The largest absolute Gasteiger partial charge is 0.493 e. The number of carbonyl (C=O) groups is 1. The number of thiophene rings is 1. The molecule has 172 valence electrons. The average molecular weight is 486 g/mol. The normalized spacial score (nSPS) is 21.0. The van der Waals surface area contributed by atoms with E-state index in [1.54, 1.807) is 53.7 Å². The summed E-state index contributed by atoms with van der Waals surface area (Å²) in [5.74, 6) is 1.12. The molecule has 1 aromatic carbocycles. The Morgan fingerprint density at radius 2 is 1.97 bits per heavy atom. The third-order valence-corrected chi connectivity index (χ3v) is 8.11. The van der Waals surface area contributed by atoms with Crippen molar-refractivity contribution in [2.24, 2.45) is 4.40 Å². The summed E-state index contributed by atoms with van der Waals surface area (Å²) in [6.45, 7) is 0.751. The number of methoxy groups -OCH3 is 2. The van der Waals surface area contributed by atoms with Gasteiger partial charge in [0.25, 0.3) is 15.9 Å². The third-order valence-electron chi connectivity index (χ3n) is 6.04. The van der Waals surface area contributed by atoms with E-state index in [9.17, 15) is 13.2 Å². The van der Waals surface area contributed by atoms with Gasteiger partial charge >= 0.3 is 0 Å². The van der Waals surface area contributed by atoms with Gasteiger partial charge in [-0.1, -0.05) is 6.07 Å². The zero-order valence-electron chi connectivity index (χ0n) is 18.2. The molecule has 8 nitrogen and oxygen atoms in total. The molecule has 5 rings (SSSR count). The van der Waals surface area contributed by atoms with Gasteiger partial charge in [0.15, 0.2) is 17.3 Å². The molecule has 0 saturated heterocycles. The van der Waals surface area contributed by atoms with Crippen LogP contribution in [0, 0.1) is 0 Å². The number of sulfonamides is 1. The molecule has 0 spiro atoms. The van der Waals surface area contributed by atoms with Crippen molar-refractivity contribution in [3.8, 4) is 11.5 Å². The highest BCUT2D eigenvalue weighted by molar-refractivity contribution is 7.90. The van der Waals surface area contributed by atoms with Gasteiger partial charge in [-0.05, 0) is 53.3 Å². The second kappa shape index (κ2) is 8.35. The van der Waals surface area contributed by atoms with E-state index in [1.165, 1.54) is 0 Å². The lowest BCUT2D eigenvalue weighted by Crippen LogP contribution is -2.46. The lowest BCUT2D eigenvalue weighted by atomic mass is 9.90. The van der Waals surface area contributed by atoms with Crippen molar-refractivity contribution in [3.63, 3.8) is 0 Å². The number of amidine groups is 1. The molecule has 0 radical (unpaired) electrons. The highest BCUT2D eigenvalue weighted by Crippen LogP contribution is 2.43. The summed E-state index contributed by atoms with van der Waals surface area (Å²) in [4.78, 5) is 18.4. The maximum atomic E-state index is 13.9. The number of amides is 1. The summed E-state index contributed by atoms with van der Waals surface area (Å²) in [5, 5.41) is 1.98. The van der Waals surface area contributed by atoms with Gasteiger partial charge in [0.05, 0.1) is 31.6 Å². The maximum Gasteiger partial charge on any atom is 0.258 e. The molecular weight excluding hydrogens is 462 g/mol. The van der Waals surface area contributed by atoms with E-state index in [0.717, 1.165) is 16.0 Å². The summed E-state index contributed by atoms with van der Waals surface area (Å²) in [6.07, 6.45) is 5.80. The predicted octanol–water partition coefficient (Wildman–Crippen LogP) is 2.74. The minimum Gasteiger partial charge on any atom is -0.493 e. The number of hydrogen-bond donors (Lipinski definition) is 0. The first-order valence-corrected chi connectivity index (χ1v) is 13.0. The lowest BCUT2D eigenvalue weighted by Gasteiger charge is -2.39. The van der Waals surface area contributed by atoms with Gasteiger partial charge in [0, 0.05) is 24.2 Å². The SMILES string of the molecule is COc1cc2c(cc1OC)C(c1cccs1)N(C(=O)C1=CC=CN3CCS(=O)(=O)N=C13)CC2. The first-order chi connectivity index (χ1) is 15.9. The summed E-state index contributed by atoms with van der Waals surface area (Å²) >= 11 is 1.57. The van der Waals surface area contributed by atoms with E-state index < -0.39 is 10.0 Å². The van der Waals surface area contributed by atoms with Crippen LogP contribution in [0.25, 0.3) is 0 Å². The van der Waals surface area contributed by atoms with Gasteiger partial charge < -0.3 is 19.3 Å². The van der Waals surface area contributed by atoms with Crippen molar-refractivity contribution in [2.45, 2.75) is 12.5 Å². The predicted molar refractivity (Wildman–Crippen MR) is 126 cm³/mol. The van der Waals surface area contributed by atoms with E-state index >= 15 is 0 Å². The van der Waals surface area contributed by atoms with Crippen LogP contribution in [0.2, 0.25) is 0 Å². The van der Waals surface area contributed by atoms with Gasteiger partial charge in [-0.3, -0.25) is 4.79 Å². The molecule has 1 atom stereocenters. The Kier molecular flexibility index (Phi) is 5.49. The van der Waals surface area contributed by atoms with Crippen LogP contribution in [0.3, 0.4) is 0 Å². The second-order valence-electron chi connectivity index (χ2n) is 7.89. The molecule has 1 amide bonds. The second-order valence-corrected chi connectivity index (χ2v) is 10.6. The molecule has 4 heterocycles. The van der Waals surface area contributed by atoms with E-state index in [-0.39, 0.29) is 35.7 Å². The van der Waals surface area contributed by atoms with E-state index in [0.29, 0.717) is 24.5 Å². The van der Waals surface area contributed by atoms with Crippen molar-refractivity contribution in [1.29, 1.82) is 0 Å². The smallest absolute Gasteiger partial charge is 0.258 e. The first kappa shape index (κ1) is 21.7. The number of hydrogen-bond acceptors (Lipinski definition) is 7. The monoisotopic (exact) mass is 485 g/mol. The van der Waals surface area contributed by atoms with Crippen LogP contribution in [0.1, 0.15) is 22.0 Å². The van der Waals surface area contributed by atoms with Crippen LogP contribution in [-0.2, 0) is 21.2 Å². The Hall–Kier alpha value is -3.11. The highest BCUT2D eigenvalue weighted by Gasteiger charge is 2.38. The molecule has 33 heavy (non-hydrogen) atoms. The topological polar surface area (TPSA) is 88.5 Å². The van der Waals surface area contributed by atoms with Gasteiger partial charge in [-0.25, -0.2) is 8.42 Å². The molecule has 0 bridgehead atoms. The fraction of sp³-hybridized carbons (Fsp3) is 0.304. The first-order valence-electron chi connectivity index (χ1n) is 10.5. The molecule has 0 aliphatic carbocycles. The molecule has 10 heteroatoms. The van der Waals surface area contributed by atoms with Crippen LogP contribution in [0.5, 0.6) is 11.5 Å². The number of nitrogens with zero attached hydrogens (tertiary/aromatic N) is 3. The zero-order valence-corrected chi connectivity index (χ0v) is 19.9. The van der Waals surface area contributed by atoms with Gasteiger partial charge in [0.1, 0.15) is 0 Å². The molecule has 1 aromatic heterocycles. The molecule has 3 aliphatic heterocycles. The fourth-order valence-corrected chi connectivity index (χ4v) is 6.30. The number of carbonyl (C=O) groups excluding carboxylic acids is 1. The Bertz CT molecular complexity index is 1300. The number of fused-ring (bicyclic) bond motifs is 2. The Morgan fingerprint density at radius 1 is 1.18 bits per heavy atom. The molecule has 0 N–H and O–H groups in total. The van der Waals surface area contributed by atoms with Crippen LogP contribution in [0.15, 0.2) is 58.0 Å². The number of benzene rings is 1. The zero-order chi connectivity index (χ0) is 23.2. The van der Waals surface area contributed by atoms with E-state index in [1.807, 2.05) is 29.6 Å². The minimum atomic E-state index is -3.60. The van der Waals surface area contributed by atoms with Crippen LogP contribution < -0.4 is 9.47 Å². The van der Waals surface area contributed by atoms with Crippen molar-refractivity contribution in [2.75, 3.05) is 33.1 Å². The highest BCUT2D eigenvalue weighted by atomic mass is 32.2. The summed E-state index contributed by atoms with van der Waals surface area (Å²) in [6, 6.07) is 7.54. The Labute approximate surface area is 196 Å². The van der Waals surface area contributed by atoms with Gasteiger partial charge in [-0.15, -0.1) is 15.7 Å². The standard InChI is InChI=1S/C23H23N3O5S2/c1-30-18-13-15-7-9-26(21(20-6-4-11-32-20)17(15)14-19(18)31-2)23(27)16-5-3-8-25-10-12-33(28,29)24-22(16)25/h3-6,8,11,13-14,21H,7,9-10,12H2,1-2H3. The average Bonchev–Trinajstić information content (AvgIpc) is 3.35. The molecule has 0 saturated carbocycles.